The minimum atomic E-state index is -0.271. The fourth-order valence-corrected chi connectivity index (χ4v) is 5.53. The van der Waals surface area contributed by atoms with Crippen LogP contribution in [-0.4, -0.2) is 29.8 Å². The van der Waals surface area contributed by atoms with Crippen molar-refractivity contribution in [3.05, 3.63) is 0 Å². The summed E-state index contributed by atoms with van der Waals surface area (Å²) in [4.78, 5) is 12.5. The number of ether oxygens (including phenoxy) is 2. The largest absolute Gasteiger partial charge is 0.475 e. The summed E-state index contributed by atoms with van der Waals surface area (Å²) in [7, 11) is 1.52. The van der Waals surface area contributed by atoms with Gasteiger partial charge >= 0.3 is 5.97 Å². The van der Waals surface area contributed by atoms with Gasteiger partial charge < -0.3 is 9.47 Å². The molecule has 112 valence electrons. The molecule has 0 N–H and O–H groups in total. The van der Waals surface area contributed by atoms with Crippen LogP contribution in [-0.2, 0) is 14.3 Å². The summed E-state index contributed by atoms with van der Waals surface area (Å²) in [6, 6.07) is 0. The smallest absolute Gasteiger partial charge is 0.312 e. The maximum Gasteiger partial charge on any atom is 0.312 e. The fraction of sp³-hybridized carbons (Fsp3) is 0.867. The van der Waals surface area contributed by atoms with E-state index in [4.69, 9.17) is 21.7 Å². The van der Waals surface area contributed by atoms with E-state index in [9.17, 15) is 4.79 Å². The lowest BCUT2D eigenvalue weighted by Crippen LogP contribution is -2.65. The third-order valence-electron chi connectivity index (χ3n) is 5.75. The highest BCUT2D eigenvalue weighted by Crippen LogP contribution is 2.69. The Labute approximate surface area is 130 Å². The van der Waals surface area contributed by atoms with Crippen molar-refractivity contribution in [1.82, 2.24) is 0 Å². The number of hydrogen-bond acceptors (Lipinski definition) is 5. The number of fused-ring (bicyclic) bond motifs is 4. The number of thioether (sulfide) groups is 1. The molecule has 20 heavy (non-hydrogen) atoms. The van der Waals surface area contributed by atoms with Crippen LogP contribution in [0.1, 0.15) is 38.5 Å². The molecule has 3 saturated carbocycles. The van der Waals surface area contributed by atoms with Crippen LogP contribution in [0.15, 0.2) is 0 Å². The molecule has 1 unspecified atom stereocenters. The lowest BCUT2D eigenvalue weighted by molar-refractivity contribution is -0.212. The van der Waals surface area contributed by atoms with Crippen LogP contribution in [0.25, 0.3) is 0 Å². The predicted octanol–water partition coefficient (Wildman–Crippen LogP) is 3.41. The van der Waals surface area contributed by atoms with Crippen LogP contribution >= 0.6 is 24.0 Å². The zero-order valence-corrected chi connectivity index (χ0v) is 13.7. The number of methoxy groups -OCH3 is 1. The highest BCUT2D eigenvalue weighted by molar-refractivity contribution is 8.22. The Hall–Kier alpha value is -0.290. The SMILES string of the molecule is COC(=O)[C@@]12CCCC(OC(=S)SC)[C@@H]1[C@H]1CCC[C@H]12. The minimum Gasteiger partial charge on any atom is -0.475 e. The number of esters is 1. The van der Waals surface area contributed by atoms with Crippen molar-refractivity contribution in [3.63, 3.8) is 0 Å². The van der Waals surface area contributed by atoms with Gasteiger partial charge in [-0.3, -0.25) is 4.79 Å². The van der Waals surface area contributed by atoms with Gasteiger partial charge in [0.05, 0.1) is 12.5 Å². The zero-order chi connectivity index (χ0) is 14.3. The molecule has 0 radical (unpaired) electrons. The summed E-state index contributed by atoms with van der Waals surface area (Å²) in [5.41, 5.74) is -0.271. The van der Waals surface area contributed by atoms with E-state index >= 15 is 0 Å². The van der Waals surface area contributed by atoms with E-state index in [1.54, 1.807) is 0 Å². The van der Waals surface area contributed by atoms with Gasteiger partial charge in [0.1, 0.15) is 6.10 Å². The van der Waals surface area contributed by atoms with Crippen LogP contribution in [0.5, 0.6) is 0 Å². The van der Waals surface area contributed by atoms with Crippen LogP contribution in [0.3, 0.4) is 0 Å². The molecule has 5 heteroatoms. The summed E-state index contributed by atoms with van der Waals surface area (Å²) in [5.74, 6) is 1.48. The van der Waals surface area contributed by atoms with E-state index in [1.807, 2.05) is 6.26 Å². The molecule has 0 aromatic carbocycles. The Bertz CT molecular complexity index is 425. The van der Waals surface area contributed by atoms with E-state index in [0.717, 1.165) is 19.3 Å². The van der Waals surface area contributed by atoms with Gasteiger partial charge in [-0.25, -0.2) is 0 Å². The first-order valence-corrected chi connectivity index (χ1v) is 9.11. The monoisotopic (exact) mass is 314 g/mol. The highest BCUT2D eigenvalue weighted by Gasteiger charge is 2.70. The van der Waals surface area contributed by atoms with Crippen molar-refractivity contribution in [2.75, 3.05) is 13.4 Å². The topological polar surface area (TPSA) is 35.5 Å². The first-order chi connectivity index (χ1) is 9.65. The molecule has 0 saturated heterocycles. The summed E-state index contributed by atoms with van der Waals surface area (Å²) in [6.07, 6.45) is 8.74. The quantitative estimate of drug-likeness (QED) is 0.576. The van der Waals surface area contributed by atoms with Gasteiger partial charge in [0.2, 0.25) is 4.38 Å². The molecule has 0 aromatic rings. The van der Waals surface area contributed by atoms with Crippen molar-refractivity contribution < 1.29 is 14.3 Å². The van der Waals surface area contributed by atoms with Crippen LogP contribution in [0, 0.1) is 23.2 Å². The van der Waals surface area contributed by atoms with E-state index < -0.39 is 0 Å². The molecule has 0 aromatic heterocycles. The summed E-state index contributed by atoms with van der Waals surface area (Å²) in [5, 5.41) is 0. The molecule has 0 amide bonds. The Balaban J connectivity index is 1.87. The lowest BCUT2D eigenvalue weighted by atomic mass is 9.42. The van der Waals surface area contributed by atoms with Crippen molar-refractivity contribution in [2.24, 2.45) is 23.2 Å². The van der Waals surface area contributed by atoms with Crippen molar-refractivity contribution in [2.45, 2.75) is 44.6 Å². The number of carbonyl (C=O) groups is 1. The van der Waals surface area contributed by atoms with Gasteiger partial charge in [-0.05, 0) is 62.4 Å². The summed E-state index contributed by atoms with van der Waals surface area (Å²) in [6.45, 7) is 0. The van der Waals surface area contributed by atoms with Crippen LogP contribution in [0.4, 0.5) is 0 Å². The summed E-state index contributed by atoms with van der Waals surface area (Å²) < 4.78 is 11.8. The highest BCUT2D eigenvalue weighted by atomic mass is 32.2. The molecular formula is C15H22O3S2. The van der Waals surface area contributed by atoms with Gasteiger partial charge in [0.25, 0.3) is 0 Å². The second-order valence-electron chi connectivity index (χ2n) is 6.26. The van der Waals surface area contributed by atoms with E-state index in [2.05, 4.69) is 0 Å². The fourth-order valence-electron chi connectivity index (χ4n) is 5.19. The Kier molecular flexibility index (Phi) is 4.01. The predicted molar refractivity (Wildman–Crippen MR) is 83.6 cm³/mol. The molecule has 3 rings (SSSR count). The molecule has 3 fully saturated rings. The number of carbonyl (C=O) groups excluding carboxylic acids is 1. The number of hydrogen-bond donors (Lipinski definition) is 0. The average Bonchev–Trinajstić information content (AvgIpc) is 2.88. The Morgan fingerprint density at radius 2 is 2.10 bits per heavy atom. The zero-order valence-electron chi connectivity index (χ0n) is 12.1. The normalized spacial score (nSPS) is 42.1. The maximum atomic E-state index is 12.5. The van der Waals surface area contributed by atoms with Gasteiger partial charge in [-0.1, -0.05) is 18.2 Å². The summed E-state index contributed by atoms with van der Waals surface area (Å²) >= 11 is 6.70. The maximum absolute atomic E-state index is 12.5. The van der Waals surface area contributed by atoms with Crippen molar-refractivity contribution in [3.8, 4) is 0 Å². The standard InChI is InChI=1S/C15H22O3S2/c1-17-13(16)15-8-4-7-11(18-14(19)20-2)12(15)9-5-3-6-10(9)15/h9-12H,3-8H2,1-2H3/t9-,10+,11?,12-,15+/m0/s1. The van der Waals surface area contributed by atoms with Crippen LogP contribution in [0.2, 0.25) is 0 Å². The van der Waals surface area contributed by atoms with Gasteiger partial charge in [-0.15, -0.1) is 0 Å². The van der Waals surface area contributed by atoms with E-state index in [-0.39, 0.29) is 17.5 Å². The van der Waals surface area contributed by atoms with Crippen molar-refractivity contribution in [1.29, 1.82) is 0 Å². The lowest BCUT2D eigenvalue weighted by Gasteiger charge is -2.61. The van der Waals surface area contributed by atoms with Crippen LogP contribution < -0.4 is 0 Å². The minimum absolute atomic E-state index is 0.00554. The Morgan fingerprint density at radius 1 is 1.30 bits per heavy atom. The average molecular weight is 314 g/mol. The molecule has 0 heterocycles. The molecule has 3 nitrogen and oxygen atoms in total. The second-order valence-corrected chi connectivity index (χ2v) is 7.67. The molecule has 0 bridgehead atoms. The first-order valence-electron chi connectivity index (χ1n) is 7.48. The van der Waals surface area contributed by atoms with Crippen molar-refractivity contribution >= 4 is 34.3 Å². The molecule has 0 spiro atoms. The van der Waals surface area contributed by atoms with Gasteiger partial charge in [0.15, 0.2) is 0 Å². The molecule has 3 aliphatic rings. The van der Waals surface area contributed by atoms with E-state index in [0.29, 0.717) is 22.1 Å². The third kappa shape index (κ3) is 1.92. The molecule has 3 aliphatic carbocycles. The van der Waals surface area contributed by atoms with E-state index in [1.165, 1.54) is 38.1 Å². The van der Waals surface area contributed by atoms with Gasteiger partial charge in [-0.2, -0.15) is 0 Å². The third-order valence-corrected chi connectivity index (χ3v) is 6.77. The molecular weight excluding hydrogens is 292 g/mol. The first kappa shape index (κ1) is 14.6. The number of thiocarbonyl (C=S) groups is 1. The molecule has 5 atom stereocenters. The second kappa shape index (κ2) is 5.48. The van der Waals surface area contributed by atoms with Gasteiger partial charge in [0, 0.05) is 5.92 Å². The Morgan fingerprint density at radius 3 is 2.80 bits per heavy atom. The number of rotatable bonds is 2. The molecule has 0 aliphatic heterocycles.